The minimum atomic E-state index is -0.571. The molecular formula is C45H30N6. The first-order valence-corrected chi connectivity index (χ1v) is 17.1. The zero-order valence-electron chi connectivity index (χ0n) is 28.0. The van der Waals surface area contributed by atoms with Gasteiger partial charge in [-0.1, -0.05) is 133 Å². The van der Waals surface area contributed by atoms with Crippen LogP contribution in [-0.4, -0.2) is 29.9 Å². The Hall–Kier alpha value is -6.66. The lowest BCUT2D eigenvalue weighted by Gasteiger charge is -2.31. The van der Waals surface area contributed by atoms with Crippen LogP contribution < -0.4 is 0 Å². The summed E-state index contributed by atoms with van der Waals surface area (Å²) in [4.78, 5) is 29.1. The molecule has 0 amide bonds. The molecule has 6 nitrogen and oxygen atoms in total. The standard InChI is InChI=1S/C45H30N6/c1-27-46-41(29-13-5-3-6-14-29)50-43(48-27)31-21-23-35-36-24-22-32(44-49-28(2)47-42(51-44)30-15-7-4-8-16-30)26-40(36)45(39(35)25-31)37-19-11-9-17-33(37)34-18-10-12-20-38(34)45/h3-26H,1-2H3. The summed E-state index contributed by atoms with van der Waals surface area (Å²) in [6.07, 6.45) is 0. The van der Waals surface area contributed by atoms with E-state index in [2.05, 4.69) is 84.9 Å². The molecule has 6 heteroatoms. The molecule has 0 unspecified atom stereocenters. The Bertz CT molecular complexity index is 2480. The molecule has 0 N–H and O–H groups in total. The van der Waals surface area contributed by atoms with Gasteiger partial charge in [0, 0.05) is 22.3 Å². The van der Waals surface area contributed by atoms with E-state index >= 15 is 0 Å². The second-order valence-corrected chi connectivity index (χ2v) is 13.2. The highest BCUT2D eigenvalue weighted by Gasteiger charge is 2.51. The molecule has 0 aliphatic heterocycles. The third kappa shape index (κ3) is 4.43. The van der Waals surface area contributed by atoms with Gasteiger partial charge in [-0.2, -0.15) is 0 Å². The van der Waals surface area contributed by atoms with Gasteiger partial charge in [-0.05, 0) is 70.5 Å². The van der Waals surface area contributed by atoms with Crippen LogP contribution in [0, 0.1) is 13.8 Å². The fraction of sp³-hybridized carbons (Fsp3) is 0.0667. The smallest absolute Gasteiger partial charge is 0.163 e. The SMILES string of the molecule is Cc1nc(-c2ccccc2)nc(-c2ccc3c(c2)C2(c4ccccc4-c4ccccc42)c2cc(-c4nc(C)nc(-c5ccccc5)n4)ccc2-3)n1. The second-order valence-electron chi connectivity index (χ2n) is 13.2. The number of aromatic nitrogens is 6. The van der Waals surface area contributed by atoms with E-state index in [1.54, 1.807) is 0 Å². The van der Waals surface area contributed by atoms with E-state index in [4.69, 9.17) is 29.9 Å². The van der Waals surface area contributed by atoms with Gasteiger partial charge in [0.05, 0.1) is 5.41 Å². The van der Waals surface area contributed by atoms with Crippen molar-refractivity contribution in [3.8, 4) is 67.8 Å². The monoisotopic (exact) mass is 654 g/mol. The summed E-state index contributed by atoms with van der Waals surface area (Å²) in [5.74, 6) is 4.01. The maximum absolute atomic E-state index is 5.00. The van der Waals surface area contributed by atoms with E-state index in [1.165, 1.54) is 44.5 Å². The van der Waals surface area contributed by atoms with E-state index < -0.39 is 5.41 Å². The lowest BCUT2D eigenvalue weighted by Crippen LogP contribution is -2.26. The van der Waals surface area contributed by atoms with Crippen LogP contribution in [0.4, 0.5) is 0 Å². The molecule has 2 aliphatic rings. The van der Waals surface area contributed by atoms with E-state index in [1.807, 2.05) is 74.5 Å². The highest BCUT2D eigenvalue weighted by atomic mass is 15.0. The fourth-order valence-corrected chi connectivity index (χ4v) is 8.07. The summed E-state index contributed by atoms with van der Waals surface area (Å²) in [5, 5.41) is 0. The Morgan fingerprint density at radius 3 is 1.10 bits per heavy atom. The molecule has 0 atom stereocenters. The number of fused-ring (bicyclic) bond motifs is 10. The van der Waals surface area contributed by atoms with E-state index in [-0.39, 0.29) is 0 Å². The van der Waals surface area contributed by atoms with Crippen molar-refractivity contribution in [3.63, 3.8) is 0 Å². The zero-order chi connectivity index (χ0) is 34.1. The molecule has 10 rings (SSSR count). The molecule has 0 fully saturated rings. The third-order valence-corrected chi connectivity index (χ3v) is 10.2. The first kappa shape index (κ1) is 29.3. The van der Waals surface area contributed by atoms with E-state index in [9.17, 15) is 0 Å². The first-order valence-electron chi connectivity index (χ1n) is 17.1. The van der Waals surface area contributed by atoms with Crippen LogP contribution in [0.2, 0.25) is 0 Å². The molecule has 0 saturated heterocycles. The number of rotatable bonds is 4. The summed E-state index contributed by atoms with van der Waals surface area (Å²) < 4.78 is 0. The van der Waals surface area contributed by atoms with Crippen LogP contribution in [0.3, 0.4) is 0 Å². The molecule has 8 aromatic rings. The average Bonchev–Trinajstić information content (AvgIpc) is 3.65. The normalized spacial score (nSPS) is 13.1. The number of hydrogen-bond donors (Lipinski definition) is 0. The van der Waals surface area contributed by atoms with Crippen molar-refractivity contribution in [1.82, 2.24) is 29.9 Å². The van der Waals surface area contributed by atoms with Crippen LogP contribution >= 0.6 is 0 Å². The zero-order valence-corrected chi connectivity index (χ0v) is 28.0. The van der Waals surface area contributed by atoms with Crippen LogP contribution in [0.15, 0.2) is 146 Å². The van der Waals surface area contributed by atoms with E-state index in [0.717, 1.165) is 22.3 Å². The molecule has 6 aromatic carbocycles. The van der Waals surface area contributed by atoms with Crippen LogP contribution in [0.5, 0.6) is 0 Å². The molecular weight excluding hydrogens is 625 g/mol. The van der Waals surface area contributed by atoms with Crippen LogP contribution in [0.25, 0.3) is 67.8 Å². The summed E-state index contributed by atoms with van der Waals surface area (Å²) in [7, 11) is 0. The lowest BCUT2D eigenvalue weighted by molar-refractivity contribution is 0.793. The van der Waals surface area contributed by atoms with Crippen molar-refractivity contribution >= 4 is 0 Å². The molecule has 0 radical (unpaired) electrons. The molecule has 240 valence electrons. The topological polar surface area (TPSA) is 77.3 Å². The Labute approximate surface area is 295 Å². The molecule has 2 heterocycles. The molecule has 0 bridgehead atoms. The van der Waals surface area contributed by atoms with Crippen LogP contribution in [-0.2, 0) is 5.41 Å². The molecule has 1 spiro atoms. The maximum Gasteiger partial charge on any atom is 0.163 e. The largest absolute Gasteiger partial charge is 0.213 e. The lowest BCUT2D eigenvalue weighted by atomic mass is 9.70. The van der Waals surface area contributed by atoms with Crippen molar-refractivity contribution in [3.05, 3.63) is 179 Å². The van der Waals surface area contributed by atoms with Gasteiger partial charge in [0.25, 0.3) is 0 Å². The predicted molar refractivity (Wildman–Crippen MR) is 201 cm³/mol. The summed E-state index contributed by atoms with van der Waals surface area (Å²) in [5.41, 5.74) is 13.1. The minimum Gasteiger partial charge on any atom is -0.213 e. The molecule has 51 heavy (non-hydrogen) atoms. The maximum atomic E-state index is 5.00. The highest BCUT2D eigenvalue weighted by Crippen LogP contribution is 2.63. The second kappa shape index (κ2) is 11.2. The Balaban J connectivity index is 1.22. The molecule has 2 aliphatic carbocycles. The fourth-order valence-electron chi connectivity index (χ4n) is 8.07. The van der Waals surface area contributed by atoms with Crippen molar-refractivity contribution in [2.24, 2.45) is 0 Å². The number of benzene rings is 6. The number of aryl methyl sites for hydroxylation is 2. The number of hydrogen-bond acceptors (Lipinski definition) is 6. The van der Waals surface area contributed by atoms with Gasteiger partial charge in [-0.25, -0.2) is 29.9 Å². The van der Waals surface area contributed by atoms with Gasteiger partial charge in [0.15, 0.2) is 23.3 Å². The van der Waals surface area contributed by atoms with Crippen molar-refractivity contribution in [2.75, 3.05) is 0 Å². The van der Waals surface area contributed by atoms with Crippen molar-refractivity contribution in [2.45, 2.75) is 19.3 Å². The molecule has 0 saturated carbocycles. The van der Waals surface area contributed by atoms with E-state index in [0.29, 0.717) is 34.9 Å². The summed E-state index contributed by atoms with van der Waals surface area (Å²) in [6, 6.07) is 51.2. The van der Waals surface area contributed by atoms with Gasteiger partial charge in [0.1, 0.15) is 11.6 Å². The average molecular weight is 655 g/mol. The van der Waals surface area contributed by atoms with Crippen LogP contribution in [0.1, 0.15) is 33.9 Å². The van der Waals surface area contributed by atoms with Gasteiger partial charge in [-0.15, -0.1) is 0 Å². The Morgan fingerprint density at radius 1 is 0.314 bits per heavy atom. The summed E-state index contributed by atoms with van der Waals surface area (Å²) >= 11 is 0. The van der Waals surface area contributed by atoms with Gasteiger partial charge >= 0.3 is 0 Å². The summed E-state index contributed by atoms with van der Waals surface area (Å²) in [6.45, 7) is 3.86. The van der Waals surface area contributed by atoms with Gasteiger partial charge in [-0.3, -0.25) is 0 Å². The Kier molecular flexibility index (Phi) is 6.42. The number of nitrogens with zero attached hydrogens (tertiary/aromatic N) is 6. The van der Waals surface area contributed by atoms with Gasteiger partial charge in [0.2, 0.25) is 0 Å². The molecule has 2 aromatic heterocycles. The third-order valence-electron chi connectivity index (χ3n) is 10.2. The van der Waals surface area contributed by atoms with Crippen molar-refractivity contribution < 1.29 is 0 Å². The van der Waals surface area contributed by atoms with Crippen molar-refractivity contribution in [1.29, 1.82) is 0 Å². The highest BCUT2D eigenvalue weighted by molar-refractivity contribution is 5.96. The minimum absolute atomic E-state index is 0.571. The quantitative estimate of drug-likeness (QED) is 0.188. The first-order chi connectivity index (χ1) is 25.1. The predicted octanol–water partition coefficient (Wildman–Crippen LogP) is 9.68. The van der Waals surface area contributed by atoms with Gasteiger partial charge < -0.3 is 0 Å². The Morgan fingerprint density at radius 2 is 0.667 bits per heavy atom.